The molecule has 0 heterocycles. The molecule has 0 aliphatic heterocycles. The van der Waals surface area contributed by atoms with Crippen LogP contribution in [0.3, 0.4) is 0 Å². The van der Waals surface area contributed by atoms with Gasteiger partial charge < -0.3 is 0 Å². The van der Waals surface area contributed by atoms with E-state index in [0.29, 0.717) is 18.1 Å². The molecule has 0 atom stereocenters. The van der Waals surface area contributed by atoms with E-state index in [1.54, 1.807) is 6.92 Å². The van der Waals surface area contributed by atoms with E-state index in [1.165, 1.54) is 25.1 Å². The molecular formula is C12H12F2O2. The van der Waals surface area contributed by atoms with Gasteiger partial charge in [-0.1, -0.05) is 12.1 Å². The van der Waals surface area contributed by atoms with Crippen LogP contribution in [0, 0.1) is 6.92 Å². The summed E-state index contributed by atoms with van der Waals surface area (Å²) < 4.78 is 25.6. The number of alkyl halides is 2. The Balaban J connectivity index is 3.17. The fourth-order valence-corrected chi connectivity index (χ4v) is 1.45. The summed E-state index contributed by atoms with van der Waals surface area (Å²) >= 11 is 0. The van der Waals surface area contributed by atoms with Gasteiger partial charge in [-0.05, 0) is 25.5 Å². The lowest BCUT2D eigenvalue weighted by atomic mass is 9.99. The molecule has 0 spiro atoms. The van der Waals surface area contributed by atoms with Crippen LogP contribution < -0.4 is 0 Å². The van der Waals surface area contributed by atoms with Gasteiger partial charge in [0.2, 0.25) is 5.78 Å². The van der Waals surface area contributed by atoms with Gasteiger partial charge in [0.1, 0.15) is 0 Å². The molecule has 4 heteroatoms. The molecule has 0 saturated heterocycles. The van der Waals surface area contributed by atoms with Gasteiger partial charge in [-0.15, -0.1) is 0 Å². The molecule has 0 fully saturated rings. The Morgan fingerprint density at radius 3 is 2.19 bits per heavy atom. The van der Waals surface area contributed by atoms with E-state index in [4.69, 9.17) is 0 Å². The van der Waals surface area contributed by atoms with Crippen molar-refractivity contribution in [1.29, 1.82) is 0 Å². The number of halogens is 2. The number of ketones is 2. The predicted octanol–water partition coefficient (Wildman–Crippen LogP) is 3.04. The van der Waals surface area contributed by atoms with Crippen LogP contribution in [0.1, 0.15) is 40.1 Å². The summed E-state index contributed by atoms with van der Waals surface area (Å²) in [6.07, 6.45) is 0. The van der Waals surface area contributed by atoms with Crippen molar-refractivity contribution in [2.45, 2.75) is 26.7 Å². The standard InChI is InChI=1S/C12H12F2O2/c1-7-6-9(11(16)12(3,13)14)4-5-10(7)8(2)15/h4-6H,1-3H3. The first-order valence-corrected chi connectivity index (χ1v) is 4.77. The van der Waals surface area contributed by atoms with Crippen LogP contribution in [0.4, 0.5) is 8.78 Å². The lowest BCUT2D eigenvalue weighted by molar-refractivity contribution is 0.0221. The molecule has 0 aliphatic carbocycles. The number of benzene rings is 1. The van der Waals surface area contributed by atoms with Crippen molar-refractivity contribution in [2.24, 2.45) is 0 Å². The quantitative estimate of drug-likeness (QED) is 0.742. The van der Waals surface area contributed by atoms with Gasteiger partial charge in [-0.25, -0.2) is 0 Å². The smallest absolute Gasteiger partial charge is 0.295 e. The largest absolute Gasteiger partial charge is 0.307 e. The number of carbonyl (C=O) groups excluding carboxylic acids is 2. The lowest BCUT2D eigenvalue weighted by Crippen LogP contribution is -2.24. The minimum atomic E-state index is -3.38. The monoisotopic (exact) mass is 226 g/mol. The molecule has 0 aliphatic rings. The topological polar surface area (TPSA) is 34.1 Å². The highest BCUT2D eigenvalue weighted by molar-refractivity contribution is 6.02. The first kappa shape index (κ1) is 12.5. The molecule has 0 N–H and O–H groups in total. The Bertz CT molecular complexity index is 445. The molecule has 1 rings (SSSR count). The van der Waals surface area contributed by atoms with E-state index in [1.807, 2.05) is 0 Å². The van der Waals surface area contributed by atoms with Crippen molar-refractivity contribution >= 4 is 11.6 Å². The number of aryl methyl sites for hydroxylation is 1. The highest BCUT2D eigenvalue weighted by Gasteiger charge is 2.33. The minimum Gasteiger partial charge on any atom is -0.295 e. The van der Waals surface area contributed by atoms with Crippen LogP contribution in [-0.4, -0.2) is 17.5 Å². The number of rotatable bonds is 3. The van der Waals surface area contributed by atoms with Crippen molar-refractivity contribution in [3.05, 3.63) is 34.9 Å². The van der Waals surface area contributed by atoms with E-state index in [-0.39, 0.29) is 11.3 Å². The second kappa shape index (κ2) is 4.12. The number of hydrogen-bond donors (Lipinski definition) is 0. The number of hydrogen-bond acceptors (Lipinski definition) is 2. The van der Waals surface area contributed by atoms with Gasteiger partial charge in [0.05, 0.1) is 0 Å². The van der Waals surface area contributed by atoms with Crippen LogP contribution >= 0.6 is 0 Å². The molecule has 1 aromatic carbocycles. The molecule has 0 bridgehead atoms. The number of carbonyl (C=O) groups is 2. The molecule has 1 aromatic rings. The predicted molar refractivity (Wildman–Crippen MR) is 56.1 cm³/mol. The maximum Gasteiger partial charge on any atom is 0.307 e. The average molecular weight is 226 g/mol. The second-order valence-electron chi connectivity index (χ2n) is 3.80. The Morgan fingerprint density at radius 1 is 1.25 bits per heavy atom. The fraction of sp³-hybridized carbons (Fsp3) is 0.333. The summed E-state index contributed by atoms with van der Waals surface area (Å²) in [6.45, 7) is 3.56. The van der Waals surface area contributed by atoms with Crippen molar-refractivity contribution < 1.29 is 18.4 Å². The van der Waals surface area contributed by atoms with E-state index < -0.39 is 11.7 Å². The highest BCUT2D eigenvalue weighted by atomic mass is 19.3. The molecule has 16 heavy (non-hydrogen) atoms. The van der Waals surface area contributed by atoms with Gasteiger partial charge in [0, 0.05) is 18.1 Å². The second-order valence-corrected chi connectivity index (χ2v) is 3.80. The van der Waals surface area contributed by atoms with Gasteiger partial charge in [0.25, 0.3) is 0 Å². The van der Waals surface area contributed by atoms with Crippen LogP contribution in [-0.2, 0) is 0 Å². The van der Waals surface area contributed by atoms with Gasteiger partial charge in [-0.3, -0.25) is 9.59 Å². The Kier molecular flexibility index (Phi) is 3.21. The summed E-state index contributed by atoms with van der Waals surface area (Å²) in [7, 11) is 0. The normalized spacial score (nSPS) is 11.3. The summed E-state index contributed by atoms with van der Waals surface area (Å²) in [5, 5.41) is 0. The van der Waals surface area contributed by atoms with Crippen molar-refractivity contribution in [1.82, 2.24) is 0 Å². The lowest BCUT2D eigenvalue weighted by Gasteiger charge is -2.10. The SMILES string of the molecule is CC(=O)c1ccc(C(=O)C(C)(F)F)cc1C. The van der Waals surface area contributed by atoms with E-state index in [0.717, 1.165) is 0 Å². The fourth-order valence-electron chi connectivity index (χ4n) is 1.45. The zero-order valence-electron chi connectivity index (χ0n) is 9.30. The maximum absolute atomic E-state index is 12.8. The third-order valence-corrected chi connectivity index (χ3v) is 2.27. The summed E-state index contributed by atoms with van der Waals surface area (Å²) in [5.74, 6) is -4.77. The van der Waals surface area contributed by atoms with Crippen LogP contribution in [0.25, 0.3) is 0 Å². The minimum absolute atomic E-state index is 0.0741. The van der Waals surface area contributed by atoms with Crippen LogP contribution in [0.15, 0.2) is 18.2 Å². The summed E-state index contributed by atoms with van der Waals surface area (Å²) in [5.41, 5.74) is 0.897. The zero-order chi connectivity index (χ0) is 12.5. The Labute approximate surface area is 92.3 Å². The molecule has 2 nitrogen and oxygen atoms in total. The molecule has 0 aromatic heterocycles. The first-order valence-electron chi connectivity index (χ1n) is 4.77. The van der Waals surface area contributed by atoms with Crippen LogP contribution in [0.5, 0.6) is 0 Å². The molecule has 0 radical (unpaired) electrons. The van der Waals surface area contributed by atoms with Crippen molar-refractivity contribution in [3.8, 4) is 0 Å². The number of Topliss-reactive ketones (excluding diaryl/α,β-unsaturated/α-hetero) is 2. The third kappa shape index (κ3) is 2.51. The molecule has 86 valence electrons. The van der Waals surface area contributed by atoms with E-state index in [9.17, 15) is 18.4 Å². The summed E-state index contributed by atoms with van der Waals surface area (Å²) in [6, 6.07) is 3.97. The summed E-state index contributed by atoms with van der Waals surface area (Å²) in [4.78, 5) is 22.4. The van der Waals surface area contributed by atoms with Crippen molar-refractivity contribution in [3.63, 3.8) is 0 Å². The van der Waals surface area contributed by atoms with Gasteiger partial charge in [-0.2, -0.15) is 8.78 Å². The Morgan fingerprint density at radius 2 is 1.81 bits per heavy atom. The van der Waals surface area contributed by atoms with Crippen LogP contribution in [0.2, 0.25) is 0 Å². The van der Waals surface area contributed by atoms with Gasteiger partial charge in [0.15, 0.2) is 5.78 Å². The molecular weight excluding hydrogens is 214 g/mol. The Hall–Kier alpha value is -1.58. The van der Waals surface area contributed by atoms with Crippen molar-refractivity contribution in [2.75, 3.05) is 0 Å². The molecule has 0 amide bonds. The average Bonchev–Trinajstić information content (AvgIpc) is 2.14. The molecule has 0 unspecified atom stereocenters. The zero-order valence-corrected chi connectivity index (χ0v) is 9.30. The first-order chi connectivity index (χ1) is 7.23. The van der Waals surface area contributed by atoms with E-state index in [2.05, 4.69) is 0 Å². The van der Waals surface area contributed by atoms with E-state index >= 15 is 0 Å². The molecule has 0 saturated carbocycles. The maximum atomic E-state index is 12.8. The van der Waals surface area contributed by atoms with Gasteiger partial charge >= 0.3 is 5.92 Å². The highest BCUT2D eigenvalue weighted by Crippen LogP contribution is 2.21. The third-order valence-electron chi connectivity index (χ3n) is 2.27.